The molecule has 0 saturated heterocycles. The number of rotatable bonds is 12. The standard InChI is InChI=1S/C29H53O4P/c30-23-9-5-19(15-23)28(20-6-10-24(31)16-20)4-2-1-3-27(34)13-14-29(21-7-11-25(32)17-21)22-8-12-26(33)18-22/h19-33H,1-18,34H2. The lowest BCUT2D eigenvalue weighted by molar-refractivity contribution is 0.138. The third-order valence-corrected chi connectivity index (χ3v) is 11.1. The fourth-order valence-electron chi connectivity index (χ4n) is 8.57. The number of hydrogen-bond donors (Lipinski definition) is 4. The molecular weight excluding hydrogens is 443 g/mol. The van der Waals surface area contributed by atoms with E-state index in [0.29, 0.717) is 41.2 Å². The van der Waals surface area contributed by atoms with Gasteiger partial charge in [-0.3, -0.25) is 0 Å². The molecule has 0 bridgehead atoms. The van der Waals surface area contributed by atoms with Crippen LogP contribution < -0.4 is 0 Å². The van der Waals surface area contributed by atoms with Gasteiger partial charge in [-0.1, -0.05) is 12.8 Å². The zero-order valence-corrected chi connectivity index (χ0v) is 22.6. The van der Waals surface area contributed by atoms with Crippen molar-refractivity contribution >= 4 is 9.24 Å². The molecule has 0 radical (unpaired) electrons. The Kier molecular flexibility index (Phi) is 10.6. The number of hydrogen-bond acceptors (Lipinski definition) is 4. The van der Waals surface area contributed by atoms with Crippen molar-refractivity contribution in [2.24, 2.45) is 35.5 Å². The summed E-state index contributed by atoms with van der Waals surface area (Å²) in [4.78, 5) is 0. The predicted octanol–water partition coefficient (Wildman–Crippen LogP) is 5.45. The second-order valence-corrected chi connectivity index (χ2v) is 13.8. The van der Waals surface area contributed by atoms with E-state index in [1.54, 1.807) is 0 Å². The summed E-state index contributed by atoms with van der Waals surface area (Å²) in [5.74, 6) is 4.04. The first-order chi connectivity index (χ1) is 16.4. The second-order valence-electron chi connectivity index (χ2n) is 12.9. The van der Waals surface area contributed by atoms with Gasteiger partial charge in [0.15, 0.2) is 0 Å². The average molecular weight is 497 g/mol. The van der Waals surface area contributed by atoms with Gasteiger partial charge in [-0.2, -0.15) is 0 Å². The summed E-state index contributed by atoms with van der Waals surface area (Å²) in [6.07, 6.45) is 19.7. The van der Waals surface area contributed by atoms with Gasteiger partial charge in [0.1, 0.15) is 0 Å². The zero-order chi connectivity index (χ0) is 24.1. The Hall–Kier alpha value is 0.270. The lowest BCUT2D eigenvalue weighted by Gasteiger charge is -2.31. The first-order valence-corrected chi connectivity index (χ1v) is 15.5. The molecule has 4 aliphatic carbocycles. The summed E-state index contributed by atoms with van der Waals surface area (Å²) in [5.41, 5.74) is 0.667. The summed E-state index contributed by atoms with van der Waals surface area (Å²) in [5, 5.41) is 40.4. The molecule has 5 heteroatoms. The second kappa shape index (κ2) is 13.2. The maximum absolute atomic E-state index is 10.1. The topological polar surface area (TPSA) is 80.9 Å². The van der Waals surface area contributed by atoms with Crippen molar-refractivity contribution in [3.8, 4) is 0 Å². The minimum atomic E-state index is -0.0967. The highest BCUT2D eigenvalue weighted by Gasteiger charge is 2.39. The van der Waals surface area contributed by atoms with Crippen LogP contribution in [0.15, 0.2) is 0 Å². The van der Waals surface area contributed by atoms with E-state index in [1.165, 1.54) is 64.2 Å². The predicted molar refractivity (Wildman–Crippen MR) is 142 cm³/mol. The molecule has 4 saturated carbocycles. The molecule has 0 heterocycles. The Bertz CT molecular complexity index is 563. The molecule has 10 unspecified atom stereocenters. The Morgan fingerprint density at radius 1 is 0.471 bits per heavy atom. The molecule has 0 spiro atoms. The van der Waals surface area contributed by atoms with Gasteiger partial charge in [-0.25, -0.2) is 0 Å². The summed E-state index contributed by atoms with van der Waals surface area (Å²) < 4.78 is 0. The van der Waals surface area contributed by atoms with E-state index in [4.69, 9.17) is 0 Å². The van der Waals surface area contributed by atoms with E-state index in [-0.39, 0.29) is 24.4 Å². The van der Waals surface area contributed by atoms with Crippen LogP contribution in [0.2, 0.25) is 0 Å². The summed E-state index contributed by atoms with van der Waals surface area (Å²) >= 11 is 0. The largest absolute Gasteiger partial charge is 0.393 e. The van der Waals surface area contributed by atoms with Gasteiger partial charge in [0.25, 0.3) is 0 Å². The quantitative estimate of drug-likeness (QED) is 0.214. The Morgan fingerprint density at radius 2 is 0.824 bits per heavy atom. The number of aliphatic hydroxyl groups excluding tert-OH is 4. The first kappa shape index (κ1) is 27.3. The summed E-state index contributed by atoms with van der Waals surface area (Å²) in [6, 6.07) is 0. The van der Waals surface area contributed by atoms with Gasteiger partial charge in [0.05, 0.1) is 24.4 Å². The maximum Gasteiger partial charge on any atom is 0.0543 e. The molecule has 198 valence electrons. The van der Waals surface area contributed by atoms with Gasteiger partial charge in [-0.05, 0) is 144 Å². The van der Waals surface area contributed by atoms with E-state index in [9.17, 15) is 20.4 Å². The molecule has 10 atom stereocenters. The van der Waals surface area contributed by atoms with Gasteiger partial charge in [0.2, 0.25) is 0 Å². The third kappa shape index (κ3) is 7.64. The Morgan fingerprint density at radius 3 is 1.18 bits per heavy atom. The van der Waals surface area contributed by atoms with Crippen LogP contribution in [0.1, 0.15) is 116 Å². The minimum Gasteiger partial charge on any atom is -0.393 e. The monoisotopic (exact) mass is 496 g/mol. The molecule has 0 aliphatic heterocycles. The van der Waals surface area contributed by atoms with E-state index in [0.717, 1.165) is 51.4 Å². The smallest absolute Gasteiger partial charge is 0.0543 e. The van der Waals surface area contributed by atoms with Crippen LogP contribution in [0.5, 0.6) is 0 Å². The van der Waals surface area contributed by atoms with Crippen LogP contribution in [-0.4, -0.2) is 50.5 Å². The average Bonchev–Trinajstić information content (AvgIpc) is 3.59. The summed E-state index contributed by atoms with van der Waals surface area (Å²) in [7, 11) is 3.13. The zero-order valence-electron chi connectivity index (χ0n) is 21.4. The van der Waals surface area contributed by atoms with Crippen molar-refractivity contribution in [2.45, 2.75) is 146 Å². The first-order valence-electron chi connectivity index (χ1n) is 14.9. The lowest BCUT2D eigenvalue weighted by atomic mass is 9.76. The molecule has 4 fully saturated rings. The van der Waals surface area contributed by atoms with E-state index in [1.807, 2.05) is 0 Å². The van der Waals surface area contributed by atoms with Crippen LogP contribution in [0, 0.1) is 35.5 Å². The Labute approximate surface area is 210 Å². The maximum atomic E-state index is 10.1. The molecular formula is C29H53O4P. The SMILES string of the molecule is OC1CCC(C(CCCCC(P)CCC(C2CCC(O)C2)C2CCC(O)C2)C2CCC(O)C2)C1. The highest BCUT2D eigenvalue weighted by molar-refractivity contribution is 7.17. The fourth-order valence-corrected chi connectivity index (χ4v) is 9.00. The van der Waals surface area contributed by atoms with Crippen molar-refractivity contribution in [3.05, 3.63) is 0 Å². The molecule has 4 N–H and O–H groups in total. The van der Waals surface area contributed by atoms with Crippen LogP contribution in [0.25, 0.3) is 0 Å². The molecule has 0 aromatic heterocycles. The van der Waals surface area contributed by atoms with Gasteiger partial charge >= 0.3 is 0 Å². The number of unbranched alkanes of at least 4 members (excludes halogenated alkanes) is 1. The third-order valence-electron chi connectivity index (χ3n) is 10.4. The van der Waals surface area contributed by atoms with Crippen molar-refractivity contribution < 1.29 is 20.4 Å². The van der Waals surface area contributed by atoms with Crippen molar-refractivity contribution in [2.75, 3.05) is 0 Å². The van der Waals surface area contributed by atoms with E-state index in [2.05, 4.69) is 9.24 Å². The van der Waals surface area contributed by atoms with Crippen LogP contribution in [0.4, 0.5) is 0 Å². The summed E-state index contributed by atoms with van der Waals surface area (Å²) in [6.45, 7) is 0. The van der Waals surface area contributed by atoms with Crippen LogP contribution >= 0.6 is 9.24 Å². The van der Waals surface area contributed by atoms with Crippen molar-refractivity contribution in [1.82, 2.24) is 0 Å². The van der Waals surface area contributed by atoms with Gasteiger partial charge in [0, 0.05) is 0 Å². The molecule has 4 aliphatic rings. The molecule has 34 heavy (non-hydrogen) atoms. The van der Waals surface area contributed by atoms with Gasteiger partial charge in [-0.15, -0.1) is 9.24 Å². The van der Waals surface area contributed by atoms with Crippen LogP contribution in [-0.2, 0) is 0 Å². The molecule has 4 nitrogen and oxygen atoms in total. The highest BCUT2D eigenvalue weighted by atomic mass is 31.0. The van der Waals surface area contributed by atoms with E-state index >= 15 is 0 Å². The minimum absolute atomic E-state index is 0.0924. The number of aliphatic hydroxyl groups is 4. The normalized spacial score (nSPS) is 41.2. The lowest BCUT2D eigenvalue weighted by Crippen LogP contribution is -2.23. The fraction of sp³-hybridized carbons (Fsp3) is 1.00. The van der Waals surface area contributed by atoms with E-state index < -0.39 is 0 Å². The molecule has 0 amide bonds. The Balaban J connectivity index is 1.20. The highest BCUT2D eigenvalue weighted by Crippen LogP contribution is 2.46. The van der Waals surface area contributed by atoms with Crippen LogP contribution in [0.3, 0.4) is 0 Å². The van der Waals surface area contributed by atoms with Gasteiger partial charge < -0.3 is 20.4 Å². The van der Waals surface area contributed by atoms with Crippen molar-refractivity contribution in [1.29, 1.82) is 0 Å². The molecule has 0 aromatic carbocycles. The molecule has 4 rings (SSSR count). The molecule has 0 aromatic rings. The van der Waals surface area contributed by atoms with Crippen molar-refractivity contribution in [3.63, 3.8) is 0 Å².